The number of amides is 1. The topological polar surface area (TPSA) is 71.3 Å². The zero-order chi connectivity index (χ0) is 13.9. The summed E-state index contributed by atoms with van der Waals surface area (Å²) >= 11 is 0. The standard InChI is InChI=1S/C14H16N4O2/c1-18(11-4-7-16-9-11)14(19)12-8-13(20-17-12)10-2-5-15-6-3-10/h2-3,5-6,8,11,16H,4,7,9H2,1H3. The van der Waals surface area contributed by atoms with Crippen LogP contribution in [-0.2, 0) is 0 Å². The smallest absolute Gasteiger partial charge is 0.276 e. The minimum absolute atomic E-state index is 0.109. The molecular weight excluding hydrogens is 256 g/mol. The molecule has 0 aromatic carbocycles. The quantitative estimate of drug-likeness (QED) is 0.908. The monoisotopic (exact) mass is 272 g/mol. The molecular formula is C14H16N4O2. The van der Waals surface area contributed by atoms with Gasteiger partial charge in [0.2, 0.25) is 0 Å². The first-order valence-corrected chi connectivity index (χ1v) is 6.60. The number of aromatic nitrogens is 2. The maximum Gasteiger partial charge on any atom is 0.276 e. The van der Waals surface area contributed by atoms with E-state index in [2.05, 4.69) is 15.5 Å². The third-order valence-electron chi connectivity index (χ3n) is 3.60. The predicted molar refractivity (Wildman–Crippen MR) is 73.1 cm³/mol. The van der Waals surface area contributed by atoms with E-state index in [9.17, 15) is 4.79 Å². The Morgan fingerprint density at radius 2 is 2.25 bits per heavy atom. The van der Waals surface area contributed by atoms with Gasteiger partial charge in [0.25, 0.3) is 5.91 Å². The second-order valence-corrected chi connectivity index (χ2v) is 4.87. The molecule has 2 aromatic heterocycles. The first-order valence-electron chi connectivity index (χ1n) is 6.60. The molecule has 6 heteroatoms. The summed E-state index contributed by atoms with van der Waals surface area (Å²) in [5, 5.41) is 7.12. The fraction of sp³-hybridized carbons (Fsp3) is 0.357. The summed E-state index contributed by atoms with van der Waals surface area (Å²) in [4.78, 5) is 18.0. The van der Waals surface area contributed by atoms with E-state index >= 15 is 0 Å². The maximum absolute atomic E-state index is 12.3. The predicted octanol–water partition coefficient (Wildman–Crippen LogP) is 1.17. The largest absolute Gasteiger partial charge is 0.355 e. The van der Waals surface area contributed by atoms with Gasteiger partial charge in [-0.25, -0.2) is 0 Å². The molecule has 3 heterocycles. The molecule has 1 unspecified atom stereocenters. The highest BCUT2D eigenvalue weighted by Gasteiger charge is 2.26. The number of pyridine rings is 1. The molecule has 0 saturated carbocycles. The molecule has 3 rings (SSSR count). The lowest BCUT2D eigenvalue weighted by Gasteiger charge is -2.22. The molecule has 0 aliphatic carbocycles. The van der Waals surface area contributed by atoms with Crippen LogP contribution in [0.1, 0.15) is 16.9 Å². The van der Waals surface area contributed by atoms with E-state index in [1.54, 1.807) is 30.4 Å². The summed E-state index contributed by atoms with van der Waals surface area (Å²) in [5.41, 5.74) is 1.20. The molecule has 2 aromatic rings. The normalized spacial score (nSPS) is 18.1. The van der Waals surface area contributed by atoms with Crippen LogP contribution in [0.4, 0.5) is 0 Å². The van der Waals surface area contributed by atoms with Crippen molar-refractivity contribution in [3.8, 4) is 11.3 Å². The summed E-state index contributed by atoms with van der Waals surface area (Å²) in [7, 11) is 1.81. The molecule has 1 amide bonds. The van der Waals surface area contributed by atoms with Crippen molar-refractivity contribution in [3.05, 3.63) is 36.3 Å². The first-order chi connectivity index (χ1) is 9.75. The van der Waals surface area contributed by atoms with Crippen LogP contribution in [0.25, 0.3) is 11.3 Å². The lowest BCUT2D eigenvalue weighted by Crippen LogP contribution is -2.38. The number of hydrogen-bond acceptors (Lipinski definition) is 5. The van der Waals surface area contributed by atoms with Crippen LogP contribution in [0.15, 0.2) is 35.1 Å². The van der Waals surface area contributed by atoms with Gasteiger partial charge < -0.3 is 14.7 Å². The highest BCUT2D eigenvalue weighted by molar-refractivity contribution is 5.93. The fourth-order valence-electron chi connectivity index (χ4n) is 2.34. The van der Waals surface area contributed by atoms with Crippen LogP contribution < -0.4 is 5.32 Å². The summed E-state index contributed by atoms with van der Waals surface area (Å²) in [6.45, 7) is 1.78. The SMILES string of the molecule is CN(C(=O)c1cc(-c2ccncc2)on1)C1CCNC1. The van der Waals surface area contributed by atoms with Crippen LogP contribution in [0.5, 0.6) is 0 Å². The number of carbonyl (C=O) groups is 1. The third-order valence-corrected chi connectivity index (χ3v) is 3.60. The molecule has 1 aliphatic heterocycles. The molecule has 1 fully saturated rings. The first kappa shape index (κ1) is 12.8. The van der Waals surface area contributed by atoms with Gasteiger partial charge in [0.05, 0.1) is 0 Å². The number of likely N-dealkylation sites (N-methyl/N-ethyl adjacent to an activating group) is 1. The number of hydrogen-bond donors (Lipinski definition) is 1. The Balaban J connectivity index is 1.78. The highest BCUT2D eigenvalue weighted by atomic mass is 16.5. The van der Waals surface area contributed by atoms with E-state index in [1.165, 1.54) is 0 Å². The molecule has 0 spiro atoms. The fourth-order valence-corrected chi connectivity index (χ4v) is 2.34. The minimum Gasteiger partial charge on any atom is -0.355 e. The Labute approximate surface area is 116 Å². The summed E-state index contributed by atoms with van der Waals surface area (Å²) in [6.07, 6.45) is 4.32. The van der Waals surface area contributed by atoms with Crippen molar-refractivity contribution in [3.63, 3.8) is 0 Å². The summed E-state index contributed by atoms with van der Waals surface area (Å²) < 4.78 is 5.24. The van der Waals surface area contributed by atoms with E-state index in [0.717, 1.165) is 25.1 Å². The Hall–Kier alpha value is -2.21. The molecule has 6 nitrogen and oxygen atoms in total. The zero-order valence-electron chi connectivity index (χ0n) is 11.2. The summed E-state index contributed by atoms with van der Waals surface area (Å²) in [5.74, 6) is 0.469. The number of nitrogens with zero attached hydrogens (tertiary/aromatic N) is 3. The van der Waals surface area contributed by atoms with Gasteiger partial charge >= 0.3 is 0 Å². The van der Waals surface area contributed by atoms with Gasteiger partial charge in [-0.2, -0.15) is 0 Å². The average molecular weight is 272 g/mol. The molecule has 20 heavy (non-hydrogen) atoms. The Morgan fingerprint density at radius 3 is 2.95 bits per heavy atom. The van der Waals surface area contributed by atoms with E-state index in [-0.39, 0.29) is 11.9 Å². The highest BCUT2D eigenvalue weighted by Crippen LogP contribution is 2.20. The van der Waals surface area contributed by atoms with E-state index in [1.807, 2.05) is 12.1 Å². The van der Waals surface area contributed by atoms with Crippen LogP contribution >= 0.6 is 0 Å². The molecule has 1 aliphatic rings. The van der Waals surface area contributed by atoms with Gasteiger partial charge in [-0.1, -0.05) is 5.16 Å². The van der Waals surface area contributed by atoms with Gasteiger partial charge in [-0.05, 0) is 25.1 Å². The number of nitrogens with one attached hydrogen (secondary N) is 1. The number of carbonyl (C=O) groups excluding carboxylic acids is 1. The van der Waals surface area contributed by atoms with Crippen LogP contribution in [0.3, 0.4) is 0 Å². The third kappa shape index (κ3) is 2.42. The molecule has 0 bridgehead atoms. The minimum atomic E-state index is -0.109. The lowest BCUT2D eigenvalue weighted by atomic mass is 10.2. The van der Waals surface area contributed by atoms with Gasteiger partial charge in [0.1, 0.15) is 0 Å². The second kappa shape index (κ2) is 5.42. The van der Waals surface area contributed by atoms with Crippen LogP contribution in [0.2, 0.25) is 0 Å². The average Bonchev–Trinajstić information content (AvgIpc) is 3.18. The molecule has 1 N–H and O–H groups in total. The molecule has 104 valence electrons. The van der Waals surface area contributed by atoms with Crippen molar-refractivity contribution in [2.45, 2.75) is 12.5 Å². The maximum atomic E-state index is 12.3. The van der Waals surface area contributed by atoms with Gasteiger partial charge in [-0.3, -0.25) is 9.78 Å². The Morgan fingerprint density at radius 1 is 1.45 bits per heavy atom. The molecule has 0 radical (unpaired) electrons. The lowest BCUT2D eigenvalue weighted by molar-refractivity contribution is 0.0733. The van der Waals surface area contributed by atoms with Crippen molar-refractivity contribution in [2.75, 3.05) is 20.1 Å². The van der Waals surface area contributed by atoms with Crippen LogP contribution in [-0.4, -0.2) is 47.1 Å². The van der Waals surface area contributed by atoms with Gasteiger partial charge in [0.15, 0.2) is 11.5 Å². The summed E-state index contributed by atoms with van der Waals surface area (Å²) in [6, 6.07) is 5.54. The van der Waals surface area contributed by atoms with E-state index in [0.29, 0.717) is 11.5 Å². The van der Waals surface area contributed by atoms with Crippen molar-refractivity contribution in [1.29, 1.82) is 0 Å². The second-order valence-electron chi connectivity index (χ2n) is 4.87. The van der Waals surface area contributed by atoms with Crippen molar-refractivity contribution >= 4 is 5.91 Å². The molecule has 1 saturated heterocycles. The van der Waals surface area contributed by atoms with Gasteiger partial charge in [0, 0.05) is 43.7 Å². The number of rotatable bonds is 3. The van der Waals surface area contributed by atoms with Crippen LogP contribution in [0, 0.1) is 0 Å². The van der Waals surface area contributed by atoms with Crippen molar-refractivity contribution in [1.82, 2.24) is 20.4 Å². The van der Waals surface area contributed by atoms with E-state index in [4.69, 9.17) is 4.52 Å². The Bertz CT molecular complexity index is 590. The van der Waals surface area contributed by atoms with Crippen molar-refractivity contribution in [2.24, 2.45) is 0 Å². The van der Waals surface area contributed by atoms with Crippen molar-refractivity contribution < 1.29 is 9.32 Å². The zero-order valence-corrected chi connectivity index (χ0v) is 11.2. The Kier molecular flexibility index (Phi) is 3.47. The molecule has 1 atom stereocenters. The van der Waals surface area contributed by atoms with E-state index < -0.39 is 0 Å². The van der Waals surface area contributed by atoms with Gasteiger partial charge in [-0.15, -0.1) is 0 Å².